The quantitative estimate of drug-likeness (QED) is 0.843. The van der Waals surface area contributed by atoms with E-state index in [1.807, 2.05) is 13.8 Å². The van der Waals surface area contributed by atoms with Gasteiger partial charge in [0.05, 0.1) is 0 Å². The second-order valence-corrected chi connectivity index (χ2v) is 6.56. The van der Waals surface area contributed by atoms with Gasteiger partial charge in [-0.3, -0.25) is 4.79 Å². The Hall–Kier alpha value is -1.06. The van der Waals surface area contributed by atoms with Crippen LogP contribution in [-0.4, -0.2) is 18.0 Å². The summed E-state index contributed by atoms with van der Waals surface area (Å²) in [6.45, 7) is 10.8. The highest BCUT2D eigenvalue weighted by Crippen LogP contribution is 2.22. The number of hydrogen-bond acceptors (Lipinski definition) is 2. The Labute approximate surface area is 135 Å². The summed E-state index contributed by atoms with van der Waals surface area (Å²) in [7, 11) is 0. The van der Waals surface area contributed by atoms with Crippen LogP contribution in [0.4, 0.5) is 0 Å². The lowest BCUT2D eigenvalue weighted by Crippen LogP contribution is -2.49. The SMILES string of the molecule is CC(C)c1ccc(C(C)CC(=O)NC(C)(C)CN)cc1.Cl. The zero-order valence-electron chi connectivity index (χ0n) is 13.8. The monoisotopic (exact) mass is 312 g/mol. The highest BCUT2D eigenvalue weighted by molar-refractivity contribution is 5.85. The minimum absolute atomic E-state index is 0. The van der Waals surface area contributed by atoms with E-state index in [2.05, 4.69) is 50.4 Å². The van der Waals surface area contributed by atoms with Gasteiger partial charge in [-0.2, -0.15) is 0 Å². The molecule has 21 heavy (non-hydrogen) atoms. The number of carbonyl (C=O) groups is 1. The number of hydrogen-bond donors (Lipinski definition) is 2. The summed E-state index contributed by atoms with van der Waals surface area (Å²) >= 11 is 0. The Bertz CT molecular complexity index is 441. The van der Waals surface area contributed by atoms with E-state index in [0.717, 1.165) is 0 Å². The summed E-state index contributed by atoms with van der Waals surface area (Å²) < 4.78 is 0. The molecule has 0 aliphatic carbocycles. The maximum atomic E-state index is 12.0. The molecule has 0 fully saturated rings. The van der Waals surface area contributed by atoms with Crippen molar-refractivity contribution in [1.29, 1.82) is 0 Å². The van der Waals surface area contributed by atoms with Crippen molar-refractivity contribution in [1.82, 2.24) is 5.32 Å². The van der Waals surface area contributed by atoms with Crippen molar-refractivity contribution in [2.45, 2.75) is 58.4 Å². The lowest BCUT2D eigenvalue weighted by atomic mass is 9.93. The van der Waals surface area contributed by atoms with Gasteiger partial charge in [0.15, 0.2) is 0 Å². The number of amides is 1. The van der Waals surface area contributed by atoms with Crippen LogP contribution in [0.2, 0.25) is 0 Å². The molecule has 0 spiro atoms. The summed E-state index contributed by atoms with van der Waals surface area (Å²) in [6.07, 6.45) is 0.491. The topological polar surface area (TPSA) is 55.1 Å². The maximum Gasteiger partial charge on any atom is 0.221 e. The fraction of sp³-hybridized carbons (Fsp3) is 0.588. The van der Waals surface area contributed by atoms with Crippen molar-refractivity contribution < 1.29 is 4.79 Å². The second kappa shape index (κ2) is 8.40. The largest absolute Gasteiger partial charge is 0.350 e. The Morgan fingerprint density at radius 3 is 2.05 bits per heavy atom. The molecule has 1 aromatic rings. The predicted octanol–water partition coefficient (Wildman–Crippen LogP) is 3.58. The van der Waals surface area contributed by atoms with E-state index in [9.17, 15) is 4.79 Å². The first-order chi connectivity index (χ1) is 9.25. The number of carbonyl (C=O) groups excluding carboxylic acids is 1. The van der Waals surface area contributed by atoms with E-state index in [4.69, 9.17) is 5.73 Å². The van der Waals surface area contributed by atoms with Gasteiger partial charge in [-0.1, -0.05) is 45.0 Å². The first-order valence-corrected chi connectivity index (χ1v) is 7.36. The Morgan fingerprint density at radius 1 is 1.14 bits per heavy atom. The van der Waals surface area contributed by atoms with Crippen LogP contribution in [-0.2, 0) is 4.79 Å². The molecule has 0 heterocycles. The molecule has 1 atom stereocenters. The van der Waals surface area contributed by atoms with Crippen LogP contribution in [0.15, 0.2) is 24.3 Å². The fourth-order valence-corrected chi connectivity index (χ4v) is 2.08. The standard InChI is InChI=1S/C17H28N2O.ClH/c1-12(2)14-6-8-15(9-7-14)13(3)10-16(20)19-17(4,5)11-18;/h6-9,12-13H,10-11,18H2,1-5H3,(H,19,20);1H. The van der Waals surface area contributed by atoms with E-state index in [1.54, 1.807) is 0 Å². The van der Waals surface area contributed by atoms with Gasteiger partial charge < -0.3 is 11.1 Å². The molecule has 0 aromatic heterocycles. The molecule has 1 rings (SSSR count). The molecule has 0 saturated heterocycles. The van der Waals surface area contributed by atoms with Gasteiger partial charge in [0.2, 0.25) is 5.91 Å². The first kappa shape index (κ1) is 19.9. The molecule has 0 aliphatic rings. The smallest absolute Gasteiger partial charge is 0.221 e. The Balaban J connectivity index is 0.00000400. The van der Waals surface area contributed by atoms with Crippen LogP contribution in [0.3, 0.4) is 0 Å². The van der Waals surface area contributed by atoms with Crippen molar-refractivity contribution in [3.8, 4) is 0 Å². The summed E-state index contributed by atoms with van der Waals surface area (Å²) in [6, 6.07) is 8.55. The first-order valence-electron chi connectivity index (χ1n) is 7.36. The minimum atomic E-state index is -0.335. The molecule has 0 saturated carbocycles. The van der Waals surface area contributed by atoms with E-state index in [-0.39, 0.29) is 29.8 Å². The fourth-order valence-electron chi connectivity index (χ4n) is 2.08. The van der Waals surface area contributed by atoms with Crippen LogP contribution in [0.5, 0.6) is 0 Å². The third kappa shape index (κ3) is 6.49. The zero-order chi connectivity index (χ0) is 15.3. The molecule has 120 valence electrons. The van der Waals surface area contributed by atoms with Crippen LogP contribution in [0, 0.1) is 0 Å². The molecule has 1 unspecified atom stereocenters. The average Bonchev–Trinajstić information content (AvgIpc) is 2.38. The van der Waals surface area contributed by atoms with Gasteiger partial charge in [-0.05, 0) is 36.8 Å². The number of nitrogens with two attached hydrogens (primary N) is 1. The van der Waals surface area contributed by atoms with E-state index in [1.165, 1.54) is 11.1 Å². The Kier molecular flexibility index (Phi) is 7.98. The van der Waals surface area contributed by atoms with Gasteiger partial charge in [-0.25, -0.2) is 0 Å². The van der Waals surface area contributed by atoms with Crippen molar-refractivity contribution in [2.75, 3.05) is 6.54 Å². The molecule has 4 heteroatoms. The summed E-state index contributed by atoms with van der Waals surface area (Å²) in [5.74, 6) is 0.804. The van der Waals surface area contributed by atoms with Crippen LogP contribution >= 0.6 is 12.4 Å². The molecule has 3 N–H and O–H groups in total. The normalized spacial score (nSPS) is 12.7. The van der Waals surface area contributed by atoms with E-state index in [0.29, 0.717) is 18.9 Å². The summed E-state index contributed by atoms with van der Waals surface area (Å²) in [5, 5.41) is 2.97. The Morgan fingerprint density at radius 2 is 1.62 bits per heavy atom. The average molecular weight is 313 g/mol. The van der Waals surface area contributed by atoms with Gasteiger partial charge in [0, 0.05) is 18.5 Å². The van der Waals surface area contributed by atoms with Gasteiger partial charge >= 0.3 is 0 Å². The molecule has 0 aliphatic heterocycles. The lowest BCUT2D eigenvalue weighted by molar-refractivity contribution is -0.122. The van der Waals surface area contributed by atoms with E-state index >= 15 is 0 Å². The van der Waals surface area contributed by atoms with Crippen LogP contribution in [0.25, 0.3) is 0 Å². The maximum absolute atomic E-state index is 12.0. The van der Waals surface area contributed by atoms with Crippen molar-refractivity contribution in [3.63, 3.8) is 0 Å². The number of benzene rings is 1. The number of halogens is 1. The second-order valence-electron chi connectivity index (χ2n) is 6.56. The van der Waals surface area contributed by atoms with Crippen LogP contribution in [0.1, 0.15) is 64.0 Å². The molecule has 0 radical (unpaired) electrons. The molecule has 1 amide bonds. The van der Waals surface area contributed by atoms with Gasteiger partial charge in [0.1, 0.15) is 0 Å². The highest BCUT2D eigenvalue weighted by Gasteiger charge is 2.20. The van der Waals surface area contributed by atoms with Crippen molar-refractivity contribution >= 4 is 18.3 Å². The molecular formula is C17H29ClN2O. The van der Waals surface area contributed by atoms with E-state index < -0.39 is 0 Å². The molecule has 3 nitrogen and oxygen atoms in total. The molecular weight excluding hydrogens is 284 g/mol. The lowest BCUT2D eigenvalue weighted by Gasteiger charge is -2.25. The van der Waals surface area contributed by atoms with Gasteiger partial charge in [0.25, 0.3) is 0 Å². The van der Waals surface area contributed by atoms with Gasteiger partial charge in [-0.15, -0.1) is 12.4 Å². The van der Waals surface area contributed by atoms with Crippen molar-refractivity contribution in [3.05, 3.63) is 35.4 Å². The summed E-state index contributed by atoms with van der Waals surface area (Å²) in [5.41, 5.74) is 7.82. The third-order valence-electron chi connectivity index (χ3n) is 3.65. The molecule has 1 aromatic carbocycles. The highest BCUT2D eigenvalue weighted by atomic mass is 35.5. The summed E-state index contributed by atoms with van der Waals surface area (Å²) in [4.78, 5) is 12.0. The number of rotatable bonds is 6. The number of nitrogens with one attached hydrogen (secondary N) is 1. The predicted molar refractivity (Wildman–Crippen MR) is 92.1 cm³/mol. The zero-order valence-corrected chi connectivity index (χ0v) is 14.6. The molecule has 0 bridgehead atoms. The van der Waals surface area contributed by atoms with Crippen molar-refractivity contribution in [2.24, 2.45) is 5.73 Å². The third-order valence-corrected chi connectivity index (χ3v) is 3.65. The minimum Gasteiger partial charge on any atom is -0.350 e. The van der Waals surface area contributed by atoms with Crippen LogP contribution < -0.4 is 11.1 Å².